The van der Waals surface area contributed by atoms with Crippen LogP contribution in [0.4, 0.5) is 0 Å². The van der Waals surface area contributed by atoms with Gasteiger partial charge in [-0.15, -0.1) is 0 Å². The summed E-state index contributed by atoms with van der Waals surface area (Å²) >= 11 is 0. The molecule has 0 bridgehead atoms. The number of carbonyl (C=O) groups is 2. The molecule has 0 aromatic rings. The highest BCUT2D eigenvalue weighted by atomic mass is 16.2. The molecular weight excluding hydrogens is 230 g/mol. The SMILES string of the molecule is CNCCC1CCCCN1C(=O)C1CCC(=O)N1. The summed E-state index contributed by atoms with van der Waals surface area (Å²) in [5.41, 5.74) is 0. The fraction of sp³-hybridized carbons (Fsp3) is 0.846. The minimum atomic E-state index is -0.271. The molecule has 2 aliphatic heterocycles. The molecule has 2 heterocycles. The van der Waals surface area contributed by atoms with Gasteiger partial charge in [-0.25, -0.2) is 0 Å². The van der Waals surface area contributed by atoms with Crippen LogP contribution in [0.5, 0.6) is 0 Å². The van der Waals surface area contributed by atoms with Crippen molar-refractivity contribution in [3.63, 3.8) is 0 Å². The molecule has 0 radical (unpaired) electrons. The van der Waals surface area contributed by atoms with Crippen molar-refractivity contribution in [2.75, 3.05) is 20.1 Å². The van der Waals surface area contributed by atoms with Crippen molar-refractivity contribution in [3.05, 3.63) is 0 Å². The van der Waals surface area contributed by atoms with Crippen LogP contribution in [0.1, 0.15) is 38.5 Å². The first-order chi connectivity index (χ1) is 8.72. The van der Waals surface area contributed by atoms with Crippen molar-refractivity contribution in [2.45, 2.75) is 50.6 Å². The van der Waals surface area contributed by atoms with E-state index >= 15 is 0 Å². The summed E-state index contributed by atoms with van der Waals surface area (Å²) in [6.07, 6.45) is 5.53. The van der Waals surface area contributed by atoms with Gasteiger partial charge in [-0.1, -0.05) is 0 Å². The van der Waals surface area contributed by atoms with Crippen molar-refractivity contribution in [1.82, 2.24) is 15.5 Å². The number of piperidine rings is 1. The first kappa shape index (κ1) is 13.3. The van der Waals surface area contributed by atoms with E-state index in [-0.39, 0.29) is 17.9 Å². The molecule has 0 aromatic heterocycles. The van der Waals surface area contributed by atoms with Crippen LogP contribution in [0.25, 0.3) is 0 Å². The van der Waals surface area contributed by atoms with Crippen LogP contribution < -0.4 is 10.6 Å². The van der Waals surface area contributed by atoms with Gasteiger partial charge in [0.25, 0.3) is 0 Å². The third-order valence-electron chi connectivity index (χ3n) is 3.93. The zero-order chi connectivity index (χ0) is 13.0. The number of nitrogens with zero attached hydrogens (tertiary/aromatic N) is 1. The second-order valence-electron chi connectivity index (χ2n) is 5.23. The lowest BCUT2D eigenvalue weighted by molar-refractivity contribution is -0.138. The van der Waals surface area contributed by atoms with Crippen molar-refractivity contribution < 1.29 is 9.59 Å². The molecule has 0 saturated carbocycles. The second kappa shape index (κ2) is 6.18. The largest absolute Gasteiger partial charge is 0.344 e. The minimum Gasteiger partial charge on any atom is -0.344 e. The molecule has 102 valence electrons. The van der Waals surface area contributed by atoms with Gasteiger partial charge in [0.2, 0.25) is 11.8 Å². The van der Waals surface area contributed by atoms with Gasteiger partial charge in [-0.2, -0.15) is 0 Å². The number of amides is 2. The fourth-order valence-electron chi connectivity index (χ4n) is 2.90. The molecule has 18 heavy (non-hydrogen) atoms. The Kier molecular flexibility index (Phi) is 4.58. The van der Waals surface area contributed by atoms with E-state index in [0.29, 0.717) is 18.9 Å². The van der Waals surface area contributed by atoms with Gasteiger partial charge in [-0.3, -0.25) is 9.59 Å². The maximum Gasteiger partial charge on any atom is 0.245 e. The lowest BCUT2D eigenvalue weighted by atomic mass is 9.98. The van der Waals surface area contributed by atoms with Gasteiger partial charge in [0.15, 0.2) is 0 Å². The average Bonchev–Trinajstić information content (AvgIpc) is 2.82. The Morgan fingerprint density at radius 1 is 1.44 bits per heavy atom. The Balaban J connectivity index is 1.94. The minimum absolute atomic E-state index is 0.0112. The number of nitrogens with one attached hydrogen (secondary N) is 2. The van der Waals surface area contributed by atoms with Crippen LogP contribution in [0.15, 0.2) is 0 Å². The third-order valence-corrected chi connectivity index (χ3v) is 3.93. The third kappa shape index (κ3) is 3.02. The van der Waals surface area contributed by atoms with Crippen molar-refractivity contribution in [3.8, 4) is 0 Å². The summed E-state index contributed by atoms with van der Waals surface area (Å²) in [6.45, 7) is 1.78. The molecule has 2 amide bonds. The van der Waals surface area contributed by atoms with Gasteiger partial charge in [0.1, 0.15) is 6.04 Å². The molecule has 2 aliphatic rings. The smallest absolute Gasteiger partial charge is 0.245 e. The van der Waals surface area contributed by atoms with Gasteiger partial charge in [0, 0.05) is 19.0 Å². The van der Waals surface area contributed by atoms with Crippen LogP contribution in [-0.2, 0) is 9.59 Å². The van der Waals surface area contributed by atoms with Crippen molar-refractivity contribution in [1.29, 1.82) is 0 Å². The van der Waals surface area contributed by atoms with E-state index in [4.69, 9.17) is 0 Å². The van der Waals surface area contributed by atoms with E-state index < -0.39 is 0 Å². The Labute approximate surface area is 108 Å². The average molecular weight is 253 g/mol. The molecular formula is C13H23N3O2. The van der Waals surface area contributed by atoms with Crippen LogP contribution in [0, 0.1) is 0 Å². The van der Waals surface area contributed by atoms with Gasteiger partial charge >= 0.3 is 0 Å². The molecule has 0 spiro atoms. The van der Waals surface area contributed by atoms with Crippen molar-refractivity contribution in [2.24, 2.45) is 0 Å². The fourth-order valence-corrected chi connectivity index (χ4v) is 2.90. The number of rotatable bonds is 4. The topological polar surface area (TPSA) is 61.4 Å². The number of carbonyl (C=O) groups excluding carboxylic acids is 2. The molecule has 5 nitrogen and oxygen atoms in total. The molecule has 2 saturated heterocycles. The van der Waals surface area contributed by atoms with Crippen LogP contribution in [0.2, 0.25) is 0 Å². The van der Waals surface area contributed by atoms with Gasteiger partial charge in [0.05, 0.1) is 0 Å². The number of hydrogen-bond donors (Lipinski definition) is 2. The predicted octanol–water partition coefficient (Wildman–Crippen LogP) is 0.256. The van der Waals surface area contributed by atoms with Gasteiger partial charge in [-0.05, 0) is 45.7 Å². The standard InChI is InChI=1S/C13H23N3O2/c1-14-8-7-10-4-2-3-9-16(10)13(18)11-5-6-12(17)15-11/h10-11,14H,2-9H2,1H3,(H,15,17). The maximum absolute atomic E-state index is 12.4. The molecule has 2 unspecified atom stereocenters. The lowest BCUT2D eigenvalue weighted by Gasteiger charge is -2.37. The molecule has 2 N–H and O–H groups in total. The van der Waals surface area contributed by atoms with E-state index in [1.54, 1.807) is 0 Å². The molecule has 0 aliphatic carbocycles. The van der Waals surface area contributed by atoms with E-state index in [0.717, 1.165) is 32.4 Å². The van der Waals surface area contributed by atoms with Gasteiger partial charge < -0.3 is 15.5 Å². The second-order valence-corrected chi connectivity index (χ2v) is 5.23. The van der Waals surface area contributed by atoms with E-state index in [9.17, 15) is 9.59 Å². The summed E-state index contributed by atoms with van der Waals surface area (Å²) in [4.78, 5) is 25.6. The summed E-state index contributed by atoms with van der Waals surface area (Å²) in [5, 5.41) is 5.93. The maximum atomic E-state index is 12.4. The van der Waals surface area contributed by atoms with Crippen LogP contribution in [0.3, 0.4) is 0 Å². The highest BCUT2D eigenvalue weighted by Gasteiger charge is 2.34. The van der Waals surface area contributed by atoms with E-state index in [1.807, 2.05) is 11.9 Å². The number of likely N-dealkylation sites (tertiary alicyclic amines) is 1. The zero-order valence-corrected chi connectivity index (χ0v) is 11.1. The summed E-state index contributed by atoms with van der Waals surface area (Å²) in [6, 6.07) is 0.0730. The Morgan fingerprint density at radius 2 is 2.28 bits per heavy atom. The van der Waals surface area contributed by atoms with E-state index in [1.165, 1.54) is 6.42 Å². The highest BCUT2D eigenvalue weighted by molar-refractivity contribution is 5.91. The quantitative estimate of drug-likeness (QED) is 0.755. The van der Waals surface area contributed by atoms with E-state index in [2.05, 4.69) is 10.6 Å². The monoisotopic (exact) mass is 253 g/mol. The highest BCUT2D eigenvalue weighted by Crippen LogP contribution is 2.22. The summed E-state index contributed by atoms with van der Waals surface area (Å²) in [5.74, 6) is 0.138. The first-order valence-electron chi connectivity index (χ1n) is 6.97. The Bertz CT molecular complexity index is 319. The Morgan fingerprint density at radius 3 is 2.94 bits per heavy atom. The molecule has 2 fully saturated rings. The lowest BCUT2D eigenvalue weighted by Crippen LogP contribution is -2.51. The number of hydrogen-bond acceptors (Lipinski definition) is 3. The van der Waals surface area contributed by atoms with Crippen molar-refractivity contribution >= 4 is 11.8 Å². The van der Waals surface area contributed by atoms with Crippen LogP contribution in [-0.4, -0.2) is 48.9 Å². The summed E-state index contributed by atoms with van der Waals surface area (Å²) < 4.78 is 0. The Hall–Kier alpha value is -1.10. The zero-order valence-electron chi connectivity index (χ0n) is 11.1. The summed E-state index contributed by atoms with van der Waals surface area (Å²) in [7, 11) is 1.94. The molecule has 2 rings (SSSR count). The molecule has 0 aromatic carbocycles. The molecule has 5 heteroatoms. The first-order valence-corrected chi connectivity index (χ1v) is 6.97. The normalized spacial score (nSPS) is 28.3. The molecule has 2 atom stereocenters. The predicted molar refractivity (Wildman–Crippen MR) is 69.1 cm³/mol. The van der Waals surface area contributed by atoms with Crippen LogP contribution >= 0.6 is 0 Å².